The Balaban J connectivity index is 1.77. The highest BCUT2D eigenvalue weighted by molar-refractivity contribution is 6.42. The Hall–Kier alpha value is -3.03. The first-order valence-electron chi connectivity index (χ1n) is 8.07. The van der Waals surface area contributed by atoms with Gasteiger partial charge in [-0.3, -0.25) is 9.89 Å². The highest BCUT2D eigenvalue weighted by Crippen LogP contribution is 2.32. The Morgan fingerprint density at radius 2 is 1.89 bits per heavy atom. The number of nitrogens with one attached hydrogen (secondary N) is 2. The predicted octanol–water partition coefficient (Wildman–Crippen LogP) is 4.16. The first kappa shape index (κ1) is 19.7. The number of aromatic nitrogens is 2. The lowest BCUT2D eigenvalue weighted by Gasteiger charge is -2.09. The third kappa shape index (κ3) is 4.27. The molecule has 3 aromatic rings. The zero-order chi connectivity index (χ0) is 20.1. The van der Waals surface area contributed by atoms with Crippen LogP contribution >= 0.6 is 23.2 Å². The molecule has 0 unspecified atom stereocenters. The zero-order valence-corrected chi connectivity index (χ0v) is 16.5. The van der Waals surface area contributed by atoms with Crippen molar-refractivity contribution in [3.8, 4) is 22.8 Å². The number of hydrogen-bond acceptors (Lipinski definition) is 5. The van der Waals surface area contributed by atoms with Gasteiger partial charge in [0.2, 0.25) is 0 Å². The van der Waals surface area contributed by atoms with Crippen molar-refractivity contribution in [1.82, 2.24) is 15.6 Å². The van der Waals surface area contributed by atoms with Gasteiger partial charge in [-0.05, 0) is 36.4 Å². The lowest BCUT2D eigenvalue weighted by atomic mass is 10.1. The molecule has 1 amide bonds. The van der Waals surface area contributed by atoms with E-state index in [0.29, 0.717) is 38.4 Å². The molecule has 9 heteroatoms. The van der Waals surface area contributed by atoms with Gasteiger partial charge in [0.1, 0.15) is 0 Å². The fourth-order valence-electron chi connectivity index (χ4n) is 2.48. The Labute approximate surface area is 171 Å². The first-order valence-corrected chi connectivity index (χ1v) is 8.83. The van der Waals surface area contributed by atoms with Crippen molar-refractivity contribution in [2.75, 3.05) is 14.2 Å². The number of halogens is 2. The van der Waals surface area contributed by atoms with Gasteiger partial charge in [0, 0.05) is 16.7 Å². The van der Waals surface area contributed by atoms with Gasteiger partial charge >= 0.3 is 0 Å². The molecule has 0 aliphatic heterocycles. The van der Waals surface area contributed by atoms with Crippen LogP contribution in [0.4, 0.5) is 0 Å². The van der Waals surface area contributed by atoms with E-state index in [4.69, 9.17) is 32.7 Å². The highest BCUT2D eigenvalue weighted by Gasteiger charge is 2.11. The maximum atomic E-state index is 12.2. The number of amides is 1. The number of H-pyrrole nitrogens is 1. The molecule has 0 bridgehead atoms. The number of ether oxygens (including phenoxy) is 2. The molecule has 1 aromatic heterocycles. The van der Waals surface area contributed by atoms with E-state index >= 15 is 0 Å². The van der Waals surface area contributed by atoms with E-state index in [9.17, 15) is 4.79 Å². The molecule has 1 heterocycles. The highest BCUT2D eigenvalue weighted by atomic mass is 35.5. The molecule has 2 N–H and O–H groups in total. The van der Waals surface area contributed by atoms with Crippen molar-refractivity contribution >= 4 is 35.3 Å². The summed E-state index contributed by atoms with van der Waals surface area (Å²) in [6, 6.07) is 10.1. The van der Waals surface area contributed by atoms with Gasteiger partial charge in [0.15, 0.2) is 11.5 Å². The van der Waals surface area contributed by atoms with Crippen LogP contribution in [-0.4, -0.2) is 36.5 Å². The van der Waals surface area contributed by atoms with Crippen LogP contribution in [0.5, 0.6) is 11.5 Å². The van der Waals surface area contributed by atoms with Crippen molar-refractivity contribution in [1.29, 1.82) is 0 Å². The monoisotopic (exact) mass is 418 g/mol. The van der Waals surface area contributed by atoms with E-state index in [1.807, 2.05) is 12.1 Å². The largest absolute Gasteiger partial charge is 0.493 e. The van der Waals surface area contributed by atoms with E-state index in [1.54, 1.807) is 38.6 Å². The van der Waals surface area contributed by atoms with Crippen LogP contribution in [0.3, 0.4) is 0 Å². The van der Waals surface area contributed by atoms with Gasteiger partial charge in [-0.1, -0.05) is 23.2 Å². The summed E-state index contributed by atoms with van der Waals surface area (Å²) < 4.78 is 10.6. The Morgan fingerprint density at radius 1 is 1.11 bits per heavy atom. The number of benzene rings is 2. The van der Waals surface area contributed by atoms with E-state index < -0.39 is 5.91 Å². The standard InChI is InChI=1S/C19H16Cl2N4O3/c1-27-16-6-4-11(8-17(16)28-2)18-13(9-22-24-18)10-23-25-19(26)12-3-5-14(20)15(21)7-12/h3-10H,1-2H3,(H,22,24)(H,25,26). The lowest BCUT2D eigenvalue weighted by molar-refractivity contribution is 0.0955. The second kappa shape index (κ2) is 8.77. The number of hydrazone groups is 1. The van der Waals surface area contributed by atoms with Crippen LogP contribution in [0.1, 0.15) is 15.9 Å². The number of carbonyl (C=O) groups is 1. The minimum Gasteiger partial charge on any atom is -0.493 e. The Kier molecular flexibility index (Phi) is 6.18. The molecule has 144 valence electrons. The first-order chi connectivity index (χ1) is 13.5. The fraction of sp³-hybridized carbons (Fsp3) is 0.105. The summed E-state index contributed by atoms with van der Waals surface area (Å²) in [6.45, 7) is 0. The maximum Gasteiger partial charge on any atom is 0.271 e. The molecule has 0 aliphatic rings. The average molecular weight is 419 g/mol. The van der Waals surface area contributed by atoms with Crippen molar-refractivity contribution in [3.63, 3.8) is 0 Å². The SMILES string of the molecule is COc1ccc(-c2[nH]ncc2C=NNC(=O)c2ccc(Cl)c(Cl)c2)cc1OC. The number of rotatable bonds is 6. The quantitative estimate of drug-likeness (QED) is 0.464. The number of hydrogen-bond donors (Lipinski definition) is 2. The molecule has 2 aromatic carbocycles. The topological polar surface area (TPSA) is 88.6 Å². The van der Waals surface area contributed by atoms with Crippen LogP contribution in [-0.2, 0) is 0 Å². The van der Waals surface area contributed by atoms with Crippen LogP contribution in [0.25, 0.3) is 11.3 Å². The average Bonchev–Trinajstić information content (AvgIpc) is 3.17. The van der Waals surface area contributed by atoms with Crippen LogP contribution in [0, 0.1) is 0 Å². The van der Waals surface area contributed by atoms with Gasteiger partial charge in [0.05, 0.1) is 42.4 Å². The number of aromatic amines is 1. The molecular formula is C19H16Cl2N4O3. The minimum absolute atomic E-state index is 0.295. The van der Waals surface area contributed by atoms with Gasteiger partial charge < -0.3 is 9.47 Å². The van der Waals surface area contributed by atoms with Crippen molar-refractivity contribution in [2.45, 2.75) is 0 Å². The third-order valence-electron chi connectivity index (χ3n) is 3.89. The van der Waals surface area contributed by atoms with Gasteiger partial charge in [-0.15, -0.1) is 0 Å². The van der Waals surface area contributed by atoms with E-state index in [2.05, 4.69) is 20.7 Å². The molecule has 0 fully saturated rings. The summed E-state index contributed by atoms with van der Waals surface area (Å²) in [4.78, 5) is 12.2. The summed E-state index contributed by atoms with van der Waals surface area (Å²) in [6.07, 6.45) is 3.09. The second-order valence-electron chi connectivity index (χ2n) is 5.60. The summed E-state index contributed by atoms with van der Waals surface area (Å²) in [5.41, 5.74) is 5.02. The van der Waals surface area contributed by atoms with Gasteiger partial charge in [-0.25, -0.2) is 5.43 Å². The molecule has 0 spiro atoms. The molecule has 0 saturated heterocycles. The fourth-order valence-corrected chi connectivity index (χ4v) is 2.78. The molecule has 0 radical (unpaired) electrons. The number of carbonyl (C=O) groups excluding carboxylic acids is 1. The van der Waals surface area contributed by atoms with Crippen LogP contribution < -0.4 is 14.9 Å². The lowest BCUT2D eigenvalue weighted by Crippen LogP contribution is -2.17. The van der Waals surface area contributed by atoms with Gasteiger partial charge in [-0.2, -0.15) is 10.2 Å². The Morgan fingerprint density at radius 3 is 2.61 bits per heavy atom. The van der Waals surface area contributed by atoms with Crippen molar-refractivity contribution in [3.05, 3.63) is 63.8 Å². The number of nitrogens with zero attached hydrogens (tertiary/aromatic N) is 2. The molecule has 0 atom stereocenters. The van der Waals surface area contributed by atoms with E-state index in [0.717, 1.165) is 5.56 Å². The summed E-state index contributed by atoms with van der Waals surface area (Å²) in [7, 11) is 3.14. The molecular weight excluding hydrogens is 403 g/mol. The van der Waals surface area contributed by atoms with Crippen molar-refractivity contribution in [2.24, 2.45) is 5.10 Å². The zero-order valence-electron chi connectivity index (χ0n) is 15.0. The number of methoxy groups -OCH3 is 2. The predicted molar refractivity (Wildman–Crippen MR) is 109 cm³/mol. The molecule has 28 heavy (non-hydrogen) atoms. The molecule has 3 rings (SSSR count). The normalized spacial score (nSPS) is 10.9. The van der Waals surface area contributed by atoms with Crippen LogP contribution in [0.2, 0.25) is 10.0 Å². The van der Waals surface area contributed by atoms with Crippen LogP contribution in [0.15, 0.2) is 47.7 Å². The summed E-state index contributed by atoms with van der Waals surface area (Å²) in [5.74, 6) is 0.797. The molecule has 0 aliphatic carbocycles. The van der Waals surface area contributed by atoms with E-state index in [1.165, 1.54) is 12.3 Å². The smallest absolute Gasteiger partial charge is 0.271 e. The summed E-state index contributed by atoms with van der Waals surface area (Å²) >= 11 is 11.8. The minimum atomic E-state index is -0.411. The van der Waals surface area contributed by atoms with E-state index in [-0.39, 0.29) is 0 Å². The maximum absolute atomic E-state index is 12.2. The third-order valence-corrected chi connectivity index (χ3v) is 4.63. The molecule has 7 nitrogen and oxygen atoms in total. The second-order valence-corrected chi connectivity index (χ2v) is 6.41. The summed E-state index contributed by atoms with van der Waals surface area (Å²) in [5, 5.41) is 11.6. The Bertz CT molecular complexity index is 1030. The van der Waals surface area contributed by atoms with Gasteiger partial charge in [0.25, 0.3) is 5.91 Å². The van der Waals surface area contributed by atoms with Crippen molar-refractivity contribution < 1.29 is 14.3 Å². The molecule has 0 saturated carbocycles.